The molecule has 5 nitrogen and oxygen atoms in total. The summed E-state index contributed by atoms with van der Waals surface area (Å²) in [5.41, 5.74) is 0. The molecule has 0 saturated heterocycles. The molecule has 1 unspecified atom stereocenters. The predicted octanol–water partition coefficient (Wildman–Crippen LogP) is -0.236. The highest BCUT2D eigenvalue weighted by atomic mass is 16.5. The molecule has 90 valence electrons. The van der Waals surface area contributed by atoms with Crippen LogP contribution in [0, 0.1) is 0 Å². The lowest BCUT2D eigenvalue weighted by molar-refractivity contribution is -0.122. The molecule has 0 saturated carbocycles. The quantitative estimate of drug-likeness (QED) is 0.525. The van der Waals surface area contributed by atoms with Gasteiger partial charge in [0.05, 0.1) is 19.3 Å². The van der Waals surface area contributed by atoms with Gasteiger partial charge in [0.15, 0.2) is 0 Å². The zero-order valence-electron chi connectivity index (χ0n) is 9.84. The molecule has 15 heavy (non-hydrogen) atoms. The first kappa shape index (κ1) is 14.3. The molecule has 0 aromatic heterocycles. The first-order valence-electron chi connectivity index (χ1n) is 5.24. The molecule has 0 rings (SSSR count). The number of rotatable bonds is 9. The highest BCUT2D eigenvalue weighted by molar-refractivity contribution is 5.80. The van der Waals surface area contributed by atoms with Crippen LogP contribution in [0.25, 0.3) is 0 Å². The van der Waals surface area contributed by atoms with Gasteiger partial charge in [-0.25, -0.2) is 0 Å². The van der Waals surface area contributed by atoms with Gasteiger partial charge in [0.2, 0.25) is 5.91 Å². The van der Waals surface area contributed by atoms with Crippen LogP contribution in [-0.4, -0.2) is 52.5 Å². The minimum atomic E-state index is -0.144. The van der Waals surface area contributed by atoms with Crippen molar-refractivity contribution < 1.29 is 14.3 Å². The number of ether oxygens (including phenoxy) is 2. The molecule has 0 aromatic rings. The Bertz CT molecular complexity index is 165. The Labute approximate surface area is 91.5 Å². The van der Waals surface area contributed by atoms with Gasteiger partial charge in [-0.15, -0.1) is 0 Å². The van der Waals surface area contributed by atoms with Gasteiger partial charge in [-0.3, -0.25) is 4.79 Å². The molecule has 1 atom stereocenters. The molecular weight excluding hydrogens is 196 g/mol. The highest BCUT2D eigenvalue weighted by Crippen LogP contribution is 1.85. The van der Waals surface area contributed by atoms with Crippen LogP contribution in [0.3, 0.4) is 0 Å². The van der Waals surface area contributed by atoms with Gasteiger partial charge < -0.3 is 20.1 Å². The summed E-state index contributed by atoms with van der Waals surface area (Å²) >= 11 is 0. The van der Waals surface area contributed by atoms with Crippen LogP contribution in [0.15, 0.2) is 0 Å². The average molecular weight is 218 g/mol. The van der Waals surface area contributed by atoms with E-state index in [1.54, 1.807) is 14.2 Å². The molecule has 0 aliphatic rings. The van der Waals surface area contributed by atoms with Gasteiger partial charge in [-0.2, -0.15) is 0 Å². The van der Waals surface area contributed by atoms with Crippen LogP contribution in [0.4, 0.5) is 0 Å². The topological polar surface area (TPSA) is 59.6 Å². The second-order valence-electron chi connectivity index (χ2n) is 3.25. The van der Waals surface area contributed by atoms with Crippen LogP contribution in [-0.2, 0) is 14.3 Å². The Hall–Kier alpha value is -0.650. The zero-order chi connectivity index (χ0) is 11.5. The summed E-state index contributed by atoms with van der Waals surface area (Å²) in [5.74, 6) is 0.00954. The third-order valence-electron chi connectivity index (χ3n) is 1.99. The maximum Gasteiger partial charge on any atom is 0.236 e. The highest BCUT2D eigenvalue weighted by Gasteiger charge is 2.08. The zero-order valence-corrected chi connectivity index (χ0v) is 9.84. The van der Waals surface area contributed by atoms with Crippen molar-refractivity contribution >= 4 is 5.91 Å². The summed E-state index contributed by atoms with van der Waals surface area (Å²) in [6, 6.07) is -0.144. The van der Waals surface area contributed by atoms with Crippen LogP contribution in [0.5, 0.6) is 0 Å². The summed E-state index contributed by atoms with van der Waals surface area (Å²) in [6.07, 6.45) is 0.894. The average Bonchev–Trinajstić information content (AvgIpc) is 2.26. The number of hydrogen-bond donors (Lipinski definition) is 2. The Morgan fingerprint density at radius 1 is 1.33 bits per heavy atom. The van der Waals surface area contributed by atoms with Crippen molar-refractivity contribution in [2.75, 3.05) is 40.5 Å². The van der Waals surface area contributed by atoms with Gasteiger partial charge in [0, 0.05) is 20.8 Å². The molecule has 5 heteroatoms. The lowest BCUT2D eigenvalue weighted by Crippen LogP contribution is -2.41. The fraction of sp³-hybridized carbons (Fsp3) is 0.900. The third kappa shape index (κ3) is 8.35. The van der Waals surface area contributed by atoms with E-state index in [0.29, 0.717) is 19.8 Å². The maximum absolute atomic E-state index is 11.1. The Kier molecular flexibility index (Phi) is 9.46. The molecular formula is C10H22N2O3. The lowest BCUT2D eigenvalue weighted by atomic mass is 10.3. The molecule has 0 aromatic carbocycles. The van der Waals surface area contributed by atoms with E-state index in [0.717, 1.165) is 13.0 Å². The van der Waals surface area contributed by atoms with Gasteiger partial charge >= 0.3 is 0 Å². The van der Waals surface area contributed by atoms with Crippen molar-refractivity contribution in [1.82, 2.24) is 10.6 Å². The Balaban J connectivity index is 3.20. The number of hydrogen-bond acceptors (Lipinski definition) is 4. The van der Waals surface area contributed by atoms with Crippen molar-refractivity contribution in [3.05, 3.63) is 0 Å². The molecule has 0 radical (unpaired) electrons. The van der Waals surface area contributed by atoms with E-state index in [2.05, 4.69) is 10.6 Å². The Morgan fingerprint density at radius 2 is 2.07 bits per heavy atom. The monoisotopic (exact) mass is 218 g/mol. The van der Waals surface area contributed by atoms with Crippen LogP contribution in [0.1, 0.15) is 13.3 Å². The van der Waals surface area contributed by atoms with Gasteiger partial charge in [-0.1, -0.05) is 0 Å². The summed E-state index contributed by atoms with van der Waals surface area (Å²) in [4.78, 5) is 11.1. The van der Waals surface area contributed by atoms with Crippen molar-refractivity contribution in [1.29, 1.82) is 0 Å². The van der Waals surface area contributed by atoms with Crippen molar-refractivity contribution in [3.8, 4) is 0 Å². The van der Waals surface area contributed by atoms with Crippen LogP contribution >= 0.6 is 0 Å². The molecule has 0 spiro atoms. The summed E-state index contributed by atoms with van der Waals surface area (Å²) < 4.78 is 10.1. The molecule has 0 heterocycles. The van der Waals surface area contributed by atoms with E-state index in [1.165, 1.54) is 0 Å². The van der Waals surface area contributed by atoms with Crippen LogP contribution < -0.4 is 10.6 Å². The third-order valence-corrected chi connectivity index (χ3v) is 1.99. The summed E-state index contributed by atoms with van der Waals surface area (Å²) in [7, 11) is 3.28. The fourth-order valence-electron chi connectivity index (χ4n) is 1.05. The predicted molar refractivity (Wildman–Crippen MR) is 58.8 cm³/mol. The normalized spacial score (nSPS) is 12.5. The lowest BCUT2D eigenvalue weighted by Gasteiger charge is -2.11. The number of likely N-dealkylation sites (N-methyl/N-ethyl adjacent to an activating group) is 1. The number of carbonyl (C=O) groups is 1. The van der Waals surface area contributed by atoms with E-state index in [9.17, 15) is 4.79 Å². The first-order valence-corrected chi connectivity index (χ1v) is 5.24. The molecule has 0 aliphatic heterocycles. The number of nitrogens with one attached hydrogen (secondary N) is 2. The van der Waals surface area contributed by atoms with Crippen molar-refractivity contribution in [3.63, 3.8) is 0 Å². The van der Waals surface area contributed by atoms with Gasteiger partial charge in [0.1, 0.15) is 0 Å². The van der Waals surface area contributed by atoms with Gasteiger partial charge in [0.25, 0.3) is 0 Å². The van der Waals surface area contributed by atoms with E-state index in [-0.39, 0.29) is 11.9 Å². The molecule has 2 N–H and O–H groups in total. The number of amides is 1. The van der Waals surface area contributed by atoms with Gasteiger partial charge in [-0.05, 0) is 19.9 Å². The van der Waals surface area contributed by atoms with E-state index in [1.807, 2.05) is 6.92 Å². The minimum absolute atomic E-state index is 0.00954. The second kappa shape index (κ2) is 9.89. The van der Waals surface area contributed by atoms with Crippen LogP contribution in [0.2, 0.25) is 0 Å². The molecule has 0 fully saturated rings. The van der Waals surface area contributed by atoms with Crippen molar-refractivity contribution in [2.24, 2.45) is 0 Å². The smallest absolute Gasteiger partial charge is 0.236 e. The standard InChI is InChI=1S/C10H22N2O3/c1-9(10(13)11-2)12-5-4-6-15-8-7-14-3/h9,12H,4-8H2,1-3H3,(H,11,13). The van der Waals surface area contributed by atoms with E-state index in [4.69, 9.17) is 9.47 Å². The molecule has 0 aliphatic carbocycles. The van der Waals surface area contributed by atoms with Crippen molar-refractivity contribution in [2.45, 2.75) is 19.4 Å². The SMILES string of the molecule is CNC(=O)C(C)NCCCOCCOC. The summed E-state index contributed by atoms with van der Waals surface area (Å²) in [5, 5.41) is 5.69. The minimum Gasteiger partial charge on any atom is -0.382 e. The fourth-order valence-corrected chi connectivity index (χ4v) is 1.05. The second-order valence-corrected chi connectivity index (χ2v) is 3.25. The van der Waals surface area contributed by atoms with E-state index < -0.39 is 0 Å². The Morgan fingerprint density at radius 3 is 2.67 bits per heavy atom. The summed E-state index contributed by atoms with van der Waals surface area (Å²) in [6.45, 7) is 4.56. The number of carbonyl (C=O) groups excluding carboxylic acids is 1. The molecule has 1 amide bonds. The maximum atomic E-state index is 11.1. The first-order chi connectivity index (χ1) is 7.22. The largest absolute Gasteiger partial charge is 0.382 e. The van der Waals surface area contributed by atoms with E-state index >= 15 is 0 Å². The molecule has 0 bridgehead atoms. The number of methoxy groups -OCH3 is 1.